The summed E-state index contributed by atoms with van der Waals surface area (Å²) in [4.78, 5) is 23.7. The first-order valence-corrected chi connectivity index (χ1v) is 14.2. The van der Waals surface area contributed by atoms with Crippen molar-refractivity contribution in [3.05, 3.63) is 40.0 Å². The van der Waals surface area contributed by atoms with Crippen LogP contribution in [0.4, 0.5) is 10.5 Å². The summed E-state index contributed by atoms with van der Waals surface area (Å²) in [6.07, 6.45) is -0.809. The van der Waals surface area contributed by atoms with Crippen LogP contribution >= 0.6 is 23.2 Å². The fraction of sp³-hybridized carbons (Fsp3) is 0.517. The molecule has 0 saturated carbocycles. The standard InChI is InChI=1S/C29H37Cl2N5O5/c1-15(2)32-21-10-11-22(33-16(21)3)26-34-25(35-41-26)18-12-19(30)24(20(31)13-18)38-14-23-17(4)39-29(8,9)36(23)27(37)40-28(5,6)7/h10-13,15,17,23,32H,14H2,1-9H3/t17-,23+/m1/s1. The van der Waals surface area contributed by atoms with Gasteiger partial charge in [0.1, 0.15) is 23.6 Å². The number of ether oxygens (including phenoxy) is 3. The minimum Gasteiger partial charge on any atom is -0.488 e. The molecule has 0 unspecified atom stereocenters. The first-order valence-electron chi connectivity index (χ1n) is 13.5. The maximum atomic E-state index is 13.0. The number of aromatic nitrogens is 3. The third-order valence-corrected chi connectivity index (χ3v) is 6.91. The topological polar surface area (TPSA) is 112 Å². The molecule has 1 amide bonds. The summed E-state index contributed by atoms with van der Waals surface area (Å²) in [6, 6.07) is 6.89. The van der Waals surface area contributed by atoms with Gasteiger partial charge in [0.05, 0.1) is 33.6 Å². The molecular weight excluding hydrogens is 569 g/mol. The Balaban J connectivity index is 1.52. The van der Waals surface area contributed by atoms with Crippen molar-refractivity contribution in [2.45, 2.75) is 91.8 Å². The molecule has 1 saturated heterocycles. The summed E-state index contributed by atoms with van der Waals surface area (Å²) in [5.74, 6) is 0.842. The lowest BCUT2D eigenvalue weighted by Gasteiger charge is -2.35. The molecule has 0 spiro atoms. The van der Waals surface area contributed by atoms with E-state index in [2.05, 4.69) is 34.3 Å². The molecule has 3 heterocycles. The normalized spacial score (nSPS) is 18.6. The van der Waals surface area contributed by atoms with Crippen LogP contribution in [0.15, 0.2) is 28.8 Å². The van der Waals surface area contributed by atoms with Gasteiger partial charge in [0.25, 0.3) is 5.89 Å². The number of nitrogens with zero attached hydrogens (tertiary/aromatic N) is 4. The average Bonchev–Trinajstić information content (AvgIpc) is 3.40. The smallest absolute Gasteiger partial charge is 0.413 e. The summed E-state index contributed by atoms with van der Waals surface area (Å²) in [5.41, 5.74) is 1.31. The zero-order valence-electron chi connectivity index (χ0n) is 24.8. The van der Waals surface area contributed by atoms with Crippen molar-refractivity contribution in [2.24, 2.45) is 0 Å². The predicted molar refractivity (Wildman–Crippen MR) is 158 cm³/mol. The highest BCUT2D eigenvalue weighted by molar-refractivity contribution is 6.37. The summed E-state index contributed by atoms with van der Waals surface area (Å²) in [7, 11) is 0. The third kappa shape index (κ3) is 7.05. The van der Waals surface area contributed by atoms with Crippen molar-refractivity contribution in [2.75, 3.05) is 11.9 Å². The number of amides is 1. The van der Waals surface area contributed by atoms with Gasteiger partial charge in [-0.05, 0) is 86.6 Å². The van der Waals surface area contributed by atoms with Crippen LogP contribution in [0.3, 0.4) is 0 Å². The van der Waals surface area contributed by atoms with E-state index in [9.17, 15) is 4.79 Å². The number of rotatable bonds is 7. The third-order valence-electron chi connectivity index (χ3n) is 6.35. The highest BCUT2D eigenvalue weighted by Crippen LogP contribution is 2.39. The second-order valence-corrected chi connectivity index (χ2v) is 12.6. The van der Waals surface area contributed by atoms with Crippen molar-refractivity contribution >= 4 is 35.0 Å². The van der Waals surface area contributed by atoms with Crippen LogP contribution in [0, 0.1) is 6.92 Å². The second-order valence-electron chi connectivity index (χ2n) is 11.8. The van der Waals surface area contributed by atoms with Crippen molar-refractivity contribution in [3.63, 3.8) is 0 Å². The van der Waals surface area contributed by atoms with Crippen LogP contribution in [0.2, 0.25) is 10.0 Å². The number of aryl methyl sites for hydroxylation is 1. The molecular formula is C29H37Cl2N5O5. The highest BCUT2D eigenvalue weighted by Gasteiger charge is 2.50. The lowest BCUT2D eigenvalue weighted by Crippen LogP contribution is -2.52. The van der Waals surface area contributed by atoms with E-state index in [0.717, 1.165) is 11.4 Å². The number of carbonyl (C=O) groups is 1. The van der Waals surface area contributed by atoms with Gasteiger partial charge in [-0.15, -0.1) is 0 Å². The molecule has 1 fully saturated rings. The van der Waals surface area contributed by atoms with Gasteiger partial charge in [-0.1, -0.05) is 28.4 Å². The number of anilines is 1. The number of hydrogen-bond acceptors (Lipinski definition) is 9. The zero-order valence-corrected chi connectivity index (χ0v) is 26.3. The molecule has 1 N–H and O–H groups in total. The van der Waals surface area contributed by atoms with Gasteiger partial charge >= 0.3 is 6.09 Å². The van der Waals surface area contributed by atoms with E-state index in [0.29, 0.717) is 17.1 Å². The summed E-state index contributed by atoms with van der Waals surface area (Å²) in [6.45, 7) is 17.1. The maximum absolute atomic E-state index is 13.0. The Bertz CT molecular complexity index is 1400. The van der Waals surface area contributed by atoms with Crippen molar-refractivity contribution in [1.82, 2.24) is 20.0 Å². The Hall–Kier alpha value is -3.08. The molecule has 41 heavy (non-hydrogen) atoms. The van der Waals surface area contributed by atoms with Crippen LogP contribution in [0.25, 0.3) is 23.0 Å². The van der Waals surface area contributed by atoms with E-state index in [-0.39, 0.29) is 40.4 Å². The first-order chi connectivity index (χ1) is 19.1. The molecule has 0 bridgehead atoms. The van der Waals surface area contributed by atoms with Crippen molar-refractivity contribution < 1.29 is 23.5 Å². The highest BCUT2D eigenvalue weighted by atomic mass is 35.5. The van der Waals surface area contributed by atoms with Gasteiger partial charge in [-0.3, -0.25) is 4.90 Å². The maximum Gasteiger partial charge on any atom is 0.413 e. The molecule has 222 valence electrons. The number of pyridine rings is 1. The molecule has 0 radical (unpaired) electrons. The Labute approximate surface area is 250 Å². The number of benzene rings is 1. The first kappa shape index (κ1) is 30.9. The zero-order chi connectivity index (χ0) is 30.3. The van der Waals surface area contributed by atoms with Crippen LogP contribution < -0.4 is 10.1 Å². The summed E-state index contributed by atoms with van der Waals surface area (Å²) < 4.78 is 23.2. The van der Waals surface area contributed by atoms with Crippen LogP contribution in [0.5, 0.6) is 5.75 Å². The van der Waals surface area contributed by atoms with Gasteiger partial charge in [-0.25, -0.2) is 9.78 Å². The van der Waals surface area contributed by atoms with E-state index in [1.165, 1.54) is 0 Å². The molecule has 10 nitrogen and oxygen atoms in total. The second kappa shape index (κ2) is 11.7. The minimum atomic E-state index is -0.887. The average molecular weight is 607 g/mol. The summed E-state index contributed by atoms with van der Waals surface area (Å²) >= 11 is 13.2. The quantitative estimate of drug-likeness (QED) is 0.295. The Morgan fingerprint density at radius 3 is 2.41 bits per heavy atom. The SMILES string of the molecule is Cc1nc(-c2nc(-c3cc(Cl)c(OC[C@H]4[C@@H](C)OC(C)(C)N4C(=O)OC(C)(C)C)c(Cl)c3)no2)ccc1NC(C)C. The van der Waals surface area contributed by atoms with E-state index < -0.39 is 23.5 Å². The molecule has 1 aliphatic rings. The monoisotopic (exact) mass is 605 g/mol. The molecule has 2 aromatic heterocycles. The summed E-state index contributed by atoms with van der Waals surface area (Å²) in [5, 5.41) is 7.96. The molecule has 4 rings (SSSR count). The van der Waals surface area contributed by atoms with Gasteiger partial charge < -0.3 is 24.1 Å². The molecule has 2 atom stereocenters. The van der Waals surface area contributed by atoms with Gasteiger partial charge in [-0.2, -0.15) is 4.98 Å². The molecule has 3 aromatic rings. The lowest BCUT2D eigenvalue weighted by molar-refractivity contribution is -0.0760. The number of nitrogens with one attached hydrogen (secondary N) is 1. The lowest BCUT2D eigenvalue weighted by atomic mass is 10.1. The van der Waals surface area contributed by atoms with Gasteiger partial charge in [0.15, 0.2) is 5.75 Å². The van der Waals surface area contributed by atoms with E-state index >= 15 is 0 Å². The molecule has 1 aliphatic heterocycles. The Morgan fingerprint density at radius 1 is 1.17 bits per heavy atom. The van der Waals surface area contributed by atoms with Gasteiger partial charge in [0.2, 0.25) is 5.82 Å². The van der Waals surface area contributed by atoms with Crippen molar-refractivity contribution in [3.8, 4) is 28.7 Å². The Morgan fingerprint density at radius 2 is 1.83 bits per heavy atom. The molecule has 0 aliphatic carbocycles. The minimum absolute atomic E-state index is 0.0850. The number of halogens is 2. The number of hydrogen-bond donors (Lipinski definition) is 1. The predicted octanol–water partition coefficient (Wildman–Crippen LogP) is 7.37. The van der Waals surface area contributed by atoms with E-state index in [4.69, 9.17) is 41.9 Å². The largest absolute Gasteiger partial charge is 0.488 e. The van der Waals surface area contributed by atoms with Gasteiger partial charge in [0, 0.05) is 11.6 Å². The van der Waals surface area contributed by atoms with E-state index in [1.54, 1.807) is 17.0 Å². The van der Waals surface area contributed by atoms with Crippen LogP contribution in [-0.2, 0) is 9.47 Å². The van der Waals surface area contributed by atoms with Crippen LogP contribution in [-0.4, -0.2) is 62.2 Å². The van der Waals surface area contributed by atoms with E-state index in [1.807, 2.05) is 60.6 Å². The fourth-order valence-corrected chi connectivity index (χ4v) is 5.26. The number of carbonyl (C=O) groups excluding carboxylic acids is 1. The van der Waals surface area contributed by atoms with Crippen molar-refractivity contribution in [1.29, 1.82) is 0 Å². The Kier molecular flexibility index (Phi) is 8.78. The fourth-order valence-electron chi connectivity index (χ4n) is 4.66. The van der Waals surface area contributed by atoms with Crippen LogP contribution in [0.1, 0.15) is 61.1 Å². The molecule has 1 aromatic carbocycles. The molecule has 12 heteroatoms.